The summed E-state index contributed by atoms with van der Waals surface area (Å²) in [6.07, 6.45) is 1.09. The van der Waals surface area contributed by atoms with Gasteiger partial charge in [-0.2, -0.15) is 0 Å². The van der Waals surface area contributed by atoms with Gasteiger partial charge in [-0.05, 0) is 36.5 Å². The average molecular weight is 251 g/mol. The fourth-order valence-corrected chi connectivity index (χ4v) is 1.48. The summed E-state index contributed by atoms with van der Waals surface area (Å²) in [4.78, 5) is 11.5. The summed E-state index contributed by atoms with van der Waals surface area (Å²) >= 11 is 0. The molecule has 0 saturated carbocycles. The smallest absolute Gasteiger partial charge is 0.411 e. The first-order valence-corrected chi connectivity index (χ1v) is 6.25. The highest BCUT2D eigenvalue weighted by Gasteiger charge is 2.05. The molecule has 4 nitrogen and oxygen atoms in total. The Morgan fingerprint density at radius 3 is 2.89 bits per heavy atom. The lowest BCUT2D eigenvalue weighted by Gasteiger charge is -2.09. The van der Waals surface area contributed by atoms with Crippen molar-refractivity contribution >= 4 is 11.8 Å². The molecule has 1 aromatic carbocycles. The molecule has 0 radical (unpaired) electrons. The van der Waals surface area contributed by atoms with E-state index < -0.39 is 6.09 Å². The zero-order valence-electron chi connectivity index (χ0n) is 11.0. The number of hydrogen-bond donors (Lipinski definition) is 2. The third-order valence-corrected chi connectivity index (χ3v) is 2.34. The van der Waals surface area contributed by atoms with Crippen LogP contribution < -0.4 is 5.32 Å². The summed E-state index contributed by atoms with van der Waals surface area (Å²) in [5.41, 5.74) is 1.81. The second kappa shape index (κ2) is 7.71. The van der Waals surface area contributed by atoms with Crippen LogP contribution in [0.1, 0.15) is 25.8 Å². The molecule has 0 aliphatic heterocycles. The Labute approximate surface area is 108 Å². The van der Waals surface area contributed by atoms with E-state index >= 15 is 0 Å². The fraction of sp³-hybridized carbons (Fsp3) is 0.500. The number of ether oxygens (including phenoxy) is 1. The maximum Gasteiger partial charge on any atom is 0.411 e. The minimum atomic E-state index is -0.428. The number of rotatable bonds is 6. The van der Waals surface area contributed by atoms with Gasteiger partial charge in [0.25, 0.3) is 0 Å². The first-order valence-electron chi connectivity index (χ1n) is 6.25. The molecule has 0 saturated heterocycles. The highest BCUT2D eigenvalue weighted by atomic mass is 16.5. The number of aryl methyl sites for hydroxylation is 1. The van der Waals surface area contributed by atoms with Crippen LogP contribution in [-0.2, 0) is 11.2 Å². The zero-order chi connectivity index (χ0) is 13.4. The van der Waals surface area contributed by atoms with E-state index in [9.17, 15) is 4.79 Å². The maximum atomic E-state index is 11.5. The molecule has 0 fully saturated rings. The Morgan fingerprint density at radius 1 is 1.44 bits per heavy atom. The molecule has 18 heavy (non-hydrogen) atoms. The number of hydrogen-bond acceptors (Lipinski definition) is 3. The third-order valence-electron chi connectivity index (χ3n) is 2.34. The van der Waals surface area contributed by atoms with Crippen molar-refractivity contribution < 1.29 is 14.6 Å². The Balaban J connectivity index is 2.48. The van der Waals surface area contributed by atoms with Crippen LogP contribution in [0, 0.1) is 5.92 Å². The first-order chi connectivity index (χ1) is 8.61. The van der Waals surface area contributed by atoms with Crippen LogP contribution in [0.3, 0.4) is 0 Å². The van der Waals surface area contributed by atoms with Crippen LogP contribution in [-0.4, -0.2) is 24.4 Å². The largest absolute Gasteiger partial charge is 0.449 e. The summed E-state index contributed by atoms with van der Waals surface area (Å²) in [7, 11) is 0. The first kappa shape index (κ1) is 14.5. The lowest BCUT2D eigenvalue weighted by molar-refractivity contribution is 0.147. The van der Waals surface area contributed by atoms with Gasteiger partial charge in [0.05, 0.1) is 6.61 Å². The highest BCUT2D eigenvalue weighted by molar-refractivity contribution is 5.84. The molecule has 0 heterocycles. The monoisotopic (exact) mass is 251 g/mol. The van der Waals surface area contributed by atoms with Gasteiger partial charge in [0.15, 0.2) is 0 Å². The lowest BCUT2D eigenvalue weighted by Crippen LogP contribution is -2.16. The Bertz CT molecular complexity index is 377. The number of anilines is 1. The summed E-state index contributed by atoms with van der Waals surface area (Å²) in [6.45, 7) is 4.57. The van der Waals surface area contributed by atoms with Crippen molar-refractivity contribution in [3.63, 3.8) is 0 Å². The number of nitrogens with one attached hydrogen (secondary N) is 1. The summed E-state index contributed by atoms with van der Waals surface area (Å²) < 4.78 is 5.04. The molecule has 0 bridgehead atoms. The van der Waals surface area contributed by atoms with Crippen LogP contribution in [0.25, 0.3) is 0 Å². The molecular weight excluding hydrogens is 230 g/mol. The molecule has 100 valence electrons. The highest BCUT2D eigenvalue weighted by Crippen LogP contribution is 2.12. The van der Waals surface area contributed by atoms with Crippen molar-refractivity contribution in [1.82, 2.24) is 0 Å². The number of carbonyl (C=O) groups excluding carboxylic acids is 1. The van der Waals surface area contributed by atoms with Crippen LogP contribution >= 0.6 is 0 Å². The van der Waals surface area contributed by atoms with Crippen molar-refractivity contribution in [3.8, 4) is 0 Å². The molecule has 1 amide bonds. The summed E-state index contributed by atoms with van der Waals surface area (Å²) in [5.74, 6) is 0.326. The van der Waals surface area contributed by atoms with Gasteiger partial charge in [0.1, 0.15) is 0 Å². The van der Waals surface area contributed by atoms with E-state index in [1.165, 1.54) is 0 Å². The Kier molecular flexibility index (Phi) is 6.22. The Hall–Kier alpha value is -1.55. The van der Waals surface area contributed by atoms with Crippen molar-refractivity contribution in [2.24, 2.45) is 5.92 Å². The molecule has 0 spiro atoms. The molecule has 4 heteroatoms. The molecule has 0 aliphatic rings. The van der Waals surface area contributed by atoms with Crippen molar-refractivity contribution in [3.05, 3.63) is 29.8 Å². The van der Waals surface area contributed by atoms with Crippen LogP contribution in [0.15, 0.2) is 24.3 Å². The van der Waals surface area contributed by atoms with Crippen molar-refractivity contribution in [2.75, 3.05) is 18.5 Å². The number of aliphatic hydroxyl groups excluding tert-OH is 1. The van der Waals surface area contributed by atoms with Gasteiger partial charge in [0, 0.05) is 12.3 Å². The van der Waals surface area contributed by atoms with Crippen LogP contribution in [0.2, 0.25) is 0 Å². The predicted molar refractivity (Wildman–Crippen MR) is 71.7 cm³/mol. The lowest BCUT2D eigenvalue weighted by atomic mass is 10.1. The standard InChI is InChI=1S/C14H21NO3/c1-11(2)10-18-14(17)15-13-7-3-5-12(9-13)6-4-8-16/h3,5,7,9,11,16H,4,6,8,10H2,1-2H3,(H,15,17). The molecular formula is C14H21NO3. The molecule has 0 unspecified atom stereocenters. The number of benzene rings is 1. The molecule has 1 aromatic rings. The minimum Gasteiger partial charge on any atom is -0.449 e. The van der Waals surface area contributed by atoms with Gasteiger partial charge in [-0.3, -0.25) is 5.32 Å². The number of aliphatic hydroxyl groups is 1. The van der Waals surface area contributed by atoms with E-state index in [0.717, 1.165) is 24.1 Å². The molecule has 2 N–H and O–H groups in total. The number of carbonyl (C=O) groups is 1. The second-order valence-electron chi connectivity index (χ2n) is 4.64. The van der Waals surface area contributed by atoms with Crippen molar-refractivity contribution in [2.45, 2.75) is 26.7 Å². The Morgan fingerprint density at radius 2 is 2.22 bits per heavy atom. The van der Waals surface area contributed by atoms with Gasteiger partial charge in [-0.25, -0.2) is 4.79 Å². The van der Waals surface area contributed by atoms with Gasteiger partial charge in [0.2, 0.25) is 0 Å². The van der Waals surface area contributed by atoms with Gasteiger partial charge >= 0.3 is 6.09 Å². The predicted octanol–water partition coefficient (Wildman–Crippen LogP) is 2.82. The SMILES string of the molecule is CC(C)COC(=O)Nc1cccc(CCCO)c1. The zero-order valence-corrected chi connectivity index (χ0v) is 11.0. The van der Waals surface area contributed by atoms with Gasteiger partial charge in [-0.1, -0.05) is 26.0 Å². The van der Waals surface area contributed by atoms with E-state index in [1.807, 2.05) is 38.1 Å². The maximum absolute atomic E-state index is 11.5. The molecule has 1 rings (SSSR count). The van der Waals surface area contributed by atoms with Crippen molar-refractivity contribution in [1.29, 1.82) is 0 Å². The van der Waals surface area contributed by atoms with E-state index in [2.05, 4.69) is 5.32 Å². The molecule has 0 aromatic heterocycles. The quantitative estimate of drug-likeness (QED) is 0.817. The summed E-state index contributed by atoms with van der Waals surface area (Å²) in [6, 6.07) is 7.57. The molecule has 0 atom stereocenters. The van der Waals surface area contributed by atoms with E-state index in [-0.39, 0.29) is 6.61 Å². The molecule has 0 aliphatic carbocycles. The normalized spacial score (nSPS) is 10.4. The van der Waals surface area contributed by atoms with Gasteiger partial charge in [-0.15, -0.1) is 0 Å². The second-order valence-corrected chi connectivity index (χ2v) is 4.64. The van der Waals surface area contributed by atoms with Crippen LogP contribution in [0.4, 0.5) is 10.5 Å². The third kappa shape index (κ3) is 5.68. The topological polar surface area (TPSA) is 58.6 Å². The average Bonchev–Trinajstić information content (AvgIpc) is 2.34. The van der Waals surface area contributed by atoms with E-state index in [4.69, 9.17) is 9.84 Å². The van der Waals surface area contributed by atoms with E-state index in [0.29, 0.717) is 12.5 Å². The van der Waals surface area contributed by atoms with Crippen LogP contribution in [0.5, 0.6) is 0 Å². The summed E-state index contributed by atoms with van der Waals surface area (Å²) in [5, 5.41) is 11.5. The number of amides is 1. The fourth-order valence-electron chi connectivity index (χ4n) is 1.48. The minimum absolute atomic E-state index is 0.175. The van der Waals surface area contributed by atoms with E-state index in [1.54, 1.807) is 0 Å². The van der Waals surface area contributed by atoms with Gasteiger partial charge < -0.3 is 9.84 Å².